The molecular weight excluding hydrogens is 293 g/mol. The highest BCUT2D eigenvalue weighted by Crippen LogP contribution is 2.28. The number of halogens is 2. The molecule has 0 aliphatic carbocycles. The molecule has 0 aliphatic rings. The summed E-state index contributed by atoms with van der Waals surface area (Å²) in [5.41, 5.74) is 1.22. The molecule has 2 heterocycles. The van der Waals surface area contributed by atoms with Gasteiger partial charge in [0.25, 0.3) is 0 Å². The predicted octanol–water partition coefficient (Wildman–Crippen LogP) is 2.31. The van der Waals surface area contributed by atoms with Crippen molar-refractivity contribution in [1.29, 1.82) is 0 Å². The largest absolute Gasteiger partial charge is 0.382 e. The summed E-state index contributed by atoms with van der Waals surface area (Å²) < 4.78 is 2.36. The zero-order valence-corrected chi connectivity index (χ0v) is 10.8. The molecule has 2 aromatic heterocycles. The van der Waals surface area contributed by atoms with Crippen molar-refractivity contribution in [3.05, 3.63) is 45.4 Å². The van der Waals surface area contributed by atoms with Crippen LogP contribution in [0.4, 0.5) is 0 Å². The molecule has 0 amide bonds. The van der Waals surface area contributed by atoms with Gasteiger partial charge in [-0.25, -0.2) is 0 Å². The van der Waals surface area contributed by atoms with Gasteiger partial charge in [0.15, 0.2) is 0 Å². The van der Waals surface area contributed by atoms with E-state index in [1.807, 2.05) is 0 Å². The van der Waals surface area contributed by atoms with Crippen LogP contribution in [0.25, 0.3) is 0 Å². The summed E-state index contributed by atoms with van der Waals surface area (Å²) in [7, 11) is 1.73. The molecule has 6 heteroatoms. The number of pyridine rings is 1. The number of aryl methyl sites for hydroxylation is 1. The SMILES string of the molecule is Cn1ncc(Cl)c1C(O)c1cncc(Br)c1. The zero-order valence-electron chi connectivity index (χ0n) is 8.43. The lowest BCUT2D eigenvalue weighted by Crippen LogP contribution is -2.07. The van der Waals surface area contributed by atoms with Crippen LogP contribution in [0.15, 0.2) is 29.1 Å². The minimum atomic E-state index is -0.829. The standard InChI is InChI=1S/C10H9BrClN3O/c1-15-9(8(12)5-14-15)10(16)6-2-7(11)4-13-3-6/h2-5,10,16H,1H3. The molecule has 0 aromatic carbocycles. The average molecular weight is 303 g/mol. The van der Waals surface area contributed by atoms with Gasteiger partial charge in [-0.15, -0.1) is 0 Å². The number of aliphatic hydroxyl groups excluding tert-OH is 1. The van der Waals surface area contributed by atoms with Gasteiger partial charge in [-0.3, -0.25) is 9.67 Å². The van der Waals surface area contributed by atoms with Gasteiger partial charge in [0, 0.05) is 29.5 Å². The lowest BCUT2D eigenvalue weighted by atomic mass is 10.1. The second-order valence-electron chi connectivity index (χ2n) is 3.34. The maximum Gasteiger partial charge on any atom is 0.124 e. The third-order valence-corrected chi connectivity index (χ3v) is 2.96. The lowest BCUT2D eigenvalue weighted by molar-refractivity contribution is 0.209. The van der Waals surface area contributed by atoms with Crippen molar-refractivity contribution in [2.45, 2.75) is 6.10 Å². The predicted molar refractivity (Wildman–Crippen MR) is 64.2 cm³/mol. The molecule has 0 fully saturated rings. The van der Waals surface area contributed by atoms with Crippen LogP contribution < -0.4 is 0 Å². The van der Waals surface area contributed by atoms with Crippen LogP contribution >= 0.6 is 27.5 Å². The van der Waals surface area contributed by atoms with Crippen LogP contribution in [0.5, 0.6) is 0 Å². The van der Waals surface area contributed by atoms with Crippen molar-refractivity contribution < 1.29 is 5.11 Å². The second kappa shape index (κ2) is 4.53. The molecule has 1 atom stereocenters. The van der Waals surface area contributed by atoms with E-state index >= 15 is 0 Å². The molecule has 0 aliphatic heterocycles. The number of aromatic nitrogens is 3. The van der Waals surface area contributed by atoms with Gasteiger partial charge in [-0.2, -0.15) is 5.10 Å². The van der Waals surface area contributed by atoms with Gasteiger partial charge < -0.3 is 5.11 Å². The number of rotatable bonds is 2. The van der Waals surface area contributed by atoms with Gasteiger partial charge in [0.05, 0.1) is 16.9 Å². The highest BCUT2D eigenvalue weighted by Gasteiger charge is 2.18. The Morgan fingerprint density at radius 3 is 2.75 bits per heavy atom. The van der Waals surface area contributed by atoms with E-state index in [1.165, 1.54) is 6.20 Å². The normalized spacial score (nSPS) is 12.8. The maximum atomic E-state index is 10.2. The minimum absolute atomic E-state index is 0.440. The number of hydrogen-bond acceptors (Lipinski definition) is 3. The summed E-state index contributed by atoms with van der Waals surface area (Å²) in [6.07, 6.45) is 3.93. The molecule has 16 heavy (non-hydrogen) atoms. The summed E-state index contributed by atoms with van der Waals surface area (Å²) in [6.45, 7) is 0. The number of hydrogen-bond donors (Lipinski definition) is 1. The molecular formula is C10H9BrClN3O. The van der Waals surface area contributed by atoms with E-state index in [2.05, 4.69) is 26.0 Å². The van der Waals surface area contributed by atoms with Crippen molar-refractivity contribution in [3.8, 4) is 0 Å². The minimum Gasteiger partial charge on any atom is -0.382 e. The Balaban J connectivity index is 2.43. The van der Waals surface area contributed by atoms with Crippen LogP contribution in [0.1, 0.15) is 17.4 Å². The van der Waals surface area contributed by atoms with Crippen LogP contribution in [-0.4, -0.2) is 19.9 Å². The lowest BCUT2D eigenvalue weighted by Gasteiger charge is -2.11. The molecule has 0 spiro atoms. The fourth-order valence-electron chi connectivity index (χ4n) is 1.46. The van der Waals surface area contributed by atoms with E-state index in [9.17, 15) is 5.11 Å². The molecule has 2 rings (SSSR count). The molecule has 1 N–H and O–H groups in total. The third-order valence-electron chi connectivity index (χ3n) is 2.24. The molecule has 0 saturated carbocycles. The first-order chi connectivity index (χ1) is 7.59. The van der Waals surface area contributed by atoms with Crippen LogP contribution in [0, 0.1) is 0 Å². The van der Waals surface area contributed by atoms with Crippen molar-refractivity contribution in [3.63, 3.8) is 0 Å². The molecule has 2 aromatic rings. The van der Waals surface area contributed by atoms with Crippen LogP contribution in [0.3, 0.4) is 0 Å². The fraction of sp³-hybridized carbons (Fsp3) is 0.200. The fourth-order valence-corrected chi connectivity index (χ4v) is 2.12. The molecule has 4 nitrogen and oxygen atoms in total. The van der Waals surface area contributed by atoms with Crippen molar-refractivity contribution >= 4 is 27.5 Å². The molecule has 84 valence electrons. The van der Waals surface area contributed by atoms with E-state index in [0.29, 0.717) is 16.3 Å². The van der Waals surface area contributed by atoms with E-state index < -0.39 is 6.10 Å². The van der Waals surface area contributed by atoms with Gasteiger partial charge >= 0.3 is 0 Å². The first-order valence-corrected chi connectivity index (χ1v) is 5.72. The van der Waals surface area contributed by atoms with Crippen molar-refractivity contribution in [1.82, 2.24) is 14.8 Å². The monoisotopic (exact) mass is 301 g/mol. The Morgan fingerprint density at radius 2 is 2.19 bits per heavy atom. The topological polar surface area (TPSA) is 50.9 Å². The number of aliphatic hydroxyl groups is 1. The Labute approximate surface area is 106 Å². The average Bonchev–Trinajstić information content (AvgIpc) is 2.58. The third kappa shape index (κ3) is 2.11. The highest BCUT2D eigenvalue weighted by atomic mass is 79.9. The molecule has 0 bridgehead atoms. The van der Waals surface area contributed by atoms with Crippen molar-refractivity contribution in [2.75, 3.05) is 0 Å². The number of nitrogens with zero attached hydrogens (tertiary/aromatic N) is 3. The maximum absolute atomic E-state index is 10.2. The summed E-state index contributed by atoms with van der Waals surface area (Å²) in [4.78, 5) is 3.99. The Bertz CT molecular complexity index is 495. The molecule has 1 unspecified atom stereocenters. The van der Waals surface area contributed by atoms with E-state index in [1.54, 1.807) is 30.2 Å². The van der Waals surface area contributed by atoms with E-state index in [0.717, 1.165) is 4.47 Å². The molecule has 0 saturated heterocycles. The van der Waals surface area contributed by atoms with E-state index in [4.69, 9.17) is 11.6 Å². The zero-order chi connectivity index (χ0) is 11.7. The first kappa shape index (κ1) is 11.6. The summed E-state index contributed by atoms with van der Waals surface area (Å²) in [5, 5.41) is 14.6. The van der Waals surface area contributed by atoms with Crippen molar-refractivity contribution in [2.24, 2.45) is 7.05 Å². The molecule has 0 radical (unpaired) electrons. The highest BCUT2D eigenvalue weighted by molar-refractivity contribution is 9.10. The second-order valence-corrected chi connectivity index (χ2v) is 4.66. The van der Waals surface area contributed by atoms with Crippen LogP contribution in [0.2, 0.25) is 5.02 Å². The Morgan fingerprint density at radius 1 is 1.44 bits per heavy atom. The summed E-state index contributed by atoms with van der Waals surface area (Å²) in [5.74, 6) is 0. The summed E-state index contributed by atoms with van der Waals surface area (Å²) in [6, 6.07) is 1.79. The first-order valence-electron chi connectivity index (χ1n) is 4.55. The Kier molecular flexibility index (Phi) is 3.28. The smallest absolute Gasteiger partial charge is 0.124 e. The van der Waals surface area contributed by atoms with Gasteiger partial charge in [0.2, 0.25) is 0 Å². The quantitative estimate of drug-likeness (QED) is 0.926. The Hall–Kier alpha value is -0.910. The van der Waals surface area contributed by atoms with E-state index in [-0.39, 0.29) is 0 Å². The van der Waals surface area contributed by atoms with Gasteiger partial charge in [-0.05, 0) is 22.0 Å². The van der Waals surface area contributed by atoms with Gasteiger partial charge in [-0.1, -0.05) is 11.6 Å². The van der Waals surface area contributed by atoms with Crippen LogP contribution in [-0.2, 0) is 7.05 Å². The summed E-state index contributed by atoms with van der Waals surface area (Å²) >= 11 is 9.26. The van der Waals surface area contributed by atoms with Gasteiger partial charge in [0.1, 0.15) is 6.10 Å².